The van der Waals surface area contributed by atoms with Crippen molar-refractivity contribution in [2.24, 2.45) is 0 Å². The average Bonchev–Trinajstić information content (AvgIpc) is 3.78. The molecule has 5 rings (SSSR count). The first-order valence-corrected chi connectivity index (χ1v) is 12.6. The van der Waals surface area contributed by atoms with Crippen LogP contribution in [0.5, 0.6) is 0 Å². The number of nitrogens with zero attached hydrogens (tertiary/aromatic N) is 3. The number of hydrogen-bond acceptors (Lipinski definition) is 6. The Morgan fingerprint density at radius 3 is 2.33 bits per heavy atom. The van der Waals surface area contributed by atoms with E-state index in [-0.39, 0.29) is 24.8 Å². The number of benzene rings is 3. The van der Waals surface area contributed by atoms with Crippen molar-refractivity contribution in [3.63, 3.8) is 0 Å². The van der Waals surface area contributed by atoms with E-state index in [1.807, 2.05) is 18.2 Å². The van der Waals surface area contributed by atoms with E-state index in [1.54, 1.807) is 24.3 Å². The highest BCUT2D eigenvalue weighted by Gasteiger charge is 2.46. The van der Waals surface area contributed by atoms with Crippen molar-refractivity contribution in [1.29, 1.82) is 5.26 Å². The molecule has 0 bridgehead atoms. The summed E-state index contributed by atoms with van der Waals surface area (Å²) in [7, 11) is 0. The lowest BCUT2D eigenvalue weighted by Crippen LogP contribution is -2.40. The third-order valence-corrected chi connectivity index (χ3v) is 6.63. The Bertz CT molecular complexity index is 1710. The Hall–Kier alpha value is -5.54. The molecule has 1 aromatic heterocycles. The van der Waals surface area contributed by atoms with Gasteiger partial charge in [0.15, 0.2) is 0 Å². The van der Waals surface area contributed by atoms with Crippen molar-refractivity contribution >= 4 is 28.5 Å². The molecule has 0 atom stereocenters. The molecule has 0 unspecified atom stereocenters. The number of carbonyl (C=O) groups is 3. The summed E-state index contributed by atoms with van der Waals surface area (Å²) in [6.07, 6.45) is 4.48. The molecule has 9 heteroatoms. The standard InChI is InChI=1S/C31H24N6O3/c32-17-27-34-18-21(19-35-27)6-5-15-33-29(39)30(40)36-20-24-9-3-4-10-26(24)28(38)37-31(13-14-31)25-12-11-22-7-1-2-8-23(22)16-25/h1-4,7-12,16,18-19H,13-15,20H2,(H,33,39)(H,36,40)(H,37,38). The summed E-state index contributed by atoms with van der Waals surface area (Å²) < 4.78 is 0. The summed E-state index contributed by atoms with van der Waals surface area (Å²) in [6, 6.07) is 23.2. The fraction of sp³-hybridized carbons (Fsp3) is 0.161. The molecule has 0 spiro atoms. The highest BCUT2D eigenvalue weighted by Crippen LogP contribution is 2.46. The maximum Gasteiger partial charge on any atom is 0.310 e. The molecule has 3 N–H and O–H groups in total. The molecule has 9 nitrogen and oxygen atoms in total. The number of amides is 3. The van der Waals surface area contributed by atoms with E-state index >= 15 is 0 Å². The van der Waals surface area contributed by atoms with Gasteiger partial charge in [-0.2, -0.15) is 5.26 Å². The van der Waals surface area contributed by atoms with Gasteiger partial charge in [-0.15, -0.1) is 0 Å². The van der Waals surface area contributed by atoms with Gasteiger partial charge in [-0.1, -0.05) is 66.4 Å². The van der Waals surface area contributed by atoms with Gasteiger partial charge < -0.3 is 16.0 Å². The summed E-state index contributed by atoms with van der Waals surface area (Å²) in [5.74, 6) is 3.55. The lowest BCUT2D eigenvalue weighted by molar-refractivity contribution is -0.139. The summed E-state index contributed by atoms with van der Waals surface area (Å²) in [5.41, 5.74) is 2.15. The number of fused-ring (bicyclic) bond motifs is 1. The Labute approximate surface area is 230 Å². The van der Waals surface area contributed by atoms with Crippen molar-refractivity contribution in [3.05, 3.63) is 107 Å². The zero-order chi connectivity index (χ0) is 28.0. The molecule has 40 heavy (non-hydrogen) atoms. The van der Waals surface area contributed by atoms with Crippen molar-refractivity contribution < 1.29 is 14.4 Å². The minimum atomic E-state index is -0.847. The van der Waals surface area contributed by atoms with Gasteiger partial charge in [-0.3, -0.25) is 14.4 Å². The van der Waals surface area contributed by atoms with Crippen LogP contribution < -0.4 is 16.0 Å². The second-order valence-electron chi connectivity index (χ2n) is 9.33. The first-order chi connectivity index (χ1) is 19.5. The van der Waals surface area contributed by atoms with Crippen molar-refractivity contribution in [1.82, 2.24) is 25.9 Å². The zero-order valence-electron chi connectivity index (χ0n) is 21.4. The van der Waals surface area contributed by atoms with Crippen LogP contribution in [0, 0.1) is 23.2 Å². The monoisotopic (exact) mass is 528 g/mol. The van der Waals surface area contributed by atoms with Crippen LogP contribution in [-0.4, -0.2) is 34.2 Å². The van der Waals surface area contributed by atoms with Crippen LogP contribution in [-0.2, 0) is 21.7 Å². The number of carbonyl (C=O) groups excluding carboxylic acids is 3. The van der Waals surface area contributed by atoms with Gasteiger partial charge >= 0.3 is 11.8 Å². The van der Waals surface area contributed by atoms with Crippen LogP contribution in [0.15, 0.2) is 79.1 Å². The van der Waals surface area contributed by atoms with Gasteiger partial charge in [0.1, 0.15) is 6.07 Å². The normalized spacial score (nSPS) is 12.8. The molecule has 4 aromatic rings. The van der Waals surface area contributed by atoms with E-state index in [4.69, 9.17) is 5.26 Å². The highest BCUT2D eigenvalue weighted by atomic mass is 16.2. The second-order valence-corrected chi connectivity index (χ2v) is 9.33. The van der Waals surface area contributed by atoms with Gasteiger partial charge in [0.2, 0.25) is 5.82 Å². The van der Waals surface area contributed by atoms with Crippen LogP contribution in [0.3, 0.4) is 0 Å². The third kappa shape index (κ3) is 5.95. The fourth-order valence-electron chi connectivity index (χ4n) is 4.34. The molecule has 3 aromatic carbocycles. The lowest BCUT2D eigenvalue weighted by atomic mass is 9.99. The maximum atomic E-state index is 13.3. The van der Waals surface area contributed by atoms with Crippen LogP contribution in [0.4, 0.5) is 0 Å². The quantitative estimate of drug-likeness (QED) is 0.260. The Kier molecular flexibility index (Phi) is 7.47. The molecular formula is C31H24N6O3. The molecule has 1 heterocycles. The maximum absolute atomic E-state index is 13.3. The Morgan fingerprint density at radius 2 is 1.57 bits per heavy atom. The SMILES string of the molecule is N#Cc1ncc(C#CCNC(=O)C(=O)NCc2ccccc2C(=O)NC2(c3ccc4ccccc4c3)CC2)cn1. The van der Waals surface area contributed by atoms with E-state index in [9.17, 15) is 14.4 Å². The topological polar surface area (TPSA) is 137 Å². The zero-order valence-corrected chi connectivity index (χ0v) is 21.4. The molecule has 1 aliphatic carbocycles. The Morgan fingerprint density at radius 1 is 0.875 bits per heavy atom. The van der Waals surface area contributed by atoms with E-state index in [0.717, 1.165) is 29.2 Å². The van der Waals surface area contributed by atoms with Crippen LogP contribution in [0.2, 0.25) is 0 Å². The van der Waals surface area contributed by atoms with Crippen molar-refractivity contribution in [2.45, 2.75) is 24.9 Å². The molecule has 3 amide bonds. The van der Waals surface area contributed by atoms with Gasteiger partial charge in [0.25, 0.3) is 5.91 Å². The summed E-state index contributed by atoms with van der Waals surface area (Å²) in [4.78, 5) is 45.5. The first kappa shape index (κ1) is 26.1. The predicted octanol–water partition coefficient (Wildman–Crippen LogP) is 2.70. The smallest absolute Gasteiger partial charge is 0.310 e. The van der Waals surface area contributed by atoms with Crippen LogP contribution >= 0.6 is 0 Å². The fourth-order valence-corrected chi connectivity index (χ4v) is 4.34. The molecule has 196 valence electrons. The highest BCUT2D eigenvalue weighted by molar-refractivity contribution is 6.35. The van der Waals surface area contributed by atoms with E-state index in [0.29, 0.717) is 16.7 Å². The third-order valence-electron chi connectivity index (χ3n) is 6.63. The number of hydrogen-bond donors (Lipinski definition) is 3. The average molecular weight is 529 g/mol. The van der Waals surface area contributed by atoms with Gasteiger partial charge in [0, 0.05) is 24.5 Å². The number of nitriles is 1. The predicted molar refractivity (Wildman–Crippen MR) is 147 cm³/mol. The van der Waals surface area contributed by atoms with E-state index in [1.165, 1.54) is 12.4 Å². The van der Waals surface area contributed by atoms with Crippen molar-refractivity contribution in [3.8, 4) is 17.9 Å². The van der Waals surface area contributed by atoms with Crippen LogP contribution in [0.1, 0.15) is 45.7 Å². The number of aromatic nitrogens is 2. The molecular weight excluding hydrogens is 504 g/mol. The van der Waals surface area contributed by atoms with E-state index < -0.39 is 17.4 Å². The minimum absolute atomic E-state index is 0.00702. The number of rotatable bonds is 6. The largest absolute Gasteiger partial charge is 0.344 e. The summed E-state index contributed by atoms with van der Waals surface area (Å²) >= 11 is 0. The molecule has 0 aliphatic heterocycles. The summed E-state index contributed by atoms with van der Waals surface area (Å²) in [6.45, 7) is -0.0603. The van der Waals surface area contributed by atoms with E-state index in [2.05, 4.69) is 68.1 Å². The Balaban J connectivity index is 1.17. The van der Waals surface area contributed by atoms with Gasteiger partial charge in [0.05, 0.1) is 17.6 Å². The van der Waals surface area contributed by atoms with Crippen molar-refractivity contribution in [2.75, 3.05) is 6.54 Å². The first-order valence-electron chi connectivity index (χ1n) is 12.6. The molecule has 1 aliphatic rings. The molecule has 0 radical (unpaired) electrons. The van der Waals surface area contributed by atoms with Gasteiger partial charge in [-0.05, 0) is 46.9 Å². The van der Waals surface area contributed by atoms with Gasteiger partial charge in [-0.25, -0.2) is 9.97 Å². The van der Waals surface area contributed by atoms with Crippen LogP contribution in [0.25, 0.3) is 10.8 Å². The number of nitrogens with one attached hydrogen (secondary N) is 3. The molecule has 1 fully saturated rings. The molecule has 1 saturated carbocycles. The second kappa shape index (κ2) is 11.5. The minimum Gasteiger partial charge on any atom is -0.344 e. The summed E-state index contributed by atoms with van der Waals surface area (Å²) in [5, 5.41) is 19.2. The molecule has 0 saturated heterocycles. The lowest BCUT2D eigenvalue weighted by Gasteiger charge is -2.20.